The van der Waals surface area contributed by atoms with Crippen molar-refractivity contribution in [1.29, 1.82) is 5.26 Å². The van der Waals surface area contributed by atoms with E-state index in [1.807, 2.05) is 69.3 Å². The maximum absolute atomic E-state index is 13.7. The summed E-state index contributed by atoms with van der Waals surface area (Å²) in [5, 5.41) is 13.5. The Bertz CT molecular complexity index is 1420. The van der Waals surface area contributed by atoms with Crippen molar-refractivity contribution in [3.05, 3.63) is 104 Å². The van der Waals surface area contributed by atoms with Gasteiger partial charge in [-0.2, -0.15) is 5.26 Å². The molecule has 4 rings (SSSR count). The van der Waals surface area contributed by atoms with Gasteiger partial charge in [0.25, 0.3) is 5.56 Å². The van der Waals surface area contributed by atoms with Crippen molar-refractivity contribution in [3.8, 4) is 17.2 Å². The van der Waals surface area contributed by atoms with Crippen LogP contribution in [-0.4, -0.2) is 14.7 Å². The van der Waals surface area contributed by atoms with Crippen LogP contribution in [0, 0.1) is 32.1 Å². The van der Waals surface area contributed by atoms with Gasteiger partial charge < -0.3 is 4.52 Å². The molecule has 0 aliphatic heterocycles. The standard InChI is InChI=1S/C29H30N4O2/c1-5-6-11-28-26(29(34)33(21(4)31-28)18-27-19(2)32-35-20(27)3)16-22-12-14-23(15-13-22)25-10-8-7-9-24(25)17-30/h7-10,12-15H,5-6,11,16,18H2,1-4H3. The lowest BCUT2D eigenvalue weighted by Gasteiger charge is -2.16. The molecule has 2 aromatic carbocycles. The van der Waals surface area contributed by atoms with E-state index in [1.165, 1.54) is 0 Å². The first kappa shape index (κ1) is 24.2. The number of benzene rings is 2. The molecule has 0 fully saturated rings. The van der Waals surface area contributed by atoms with Gasteiger partial charge in [-0.15, -0.1) is 0 Å². The van der Waals surface area contributed by atoms with E-state index in [9.17, 15) is 10.1 Å². The lowest BCUT2D eigenvalue weighted by atomic mass is 9.96. The predicted octanol–water partition coefficient (Wildman–Crippen LogP) is 5.68. The Kier molecular flexibility index (Phi) is 7.26. The van der Waals surface area contributed by atoms with Gasteiger partial charge in [-0.1, -0.05) is 61.0 Å². The third-order valence-corrected chi connectivity index (χ3v) is 6.50. The van der Waals surface area contributed by atoms with Crippen molar-refractivity contribution < 1.29 is 4.52 Å². The lowest BCUT2D eigenvalue weighted by molar-refractivity contribution is 0.392. The molecule has 0 spiro atoms. The smallest absolute Gasteiger partial charge is 0.257 e. The Balaban J connectivity index is 1.71. The molecular formula is C29H30N4O2. The minimum absolute atomic E-state index is 0.0116. The van der Waals surface area contributed by atoms with Gasteiger partial charge >= 0.3 is 0 Å². The third-order valence-electron chi connectivity index (χ3n) is 6.50. The first-order valence-electron chi connectivity index (χ1n) is 12.0. The van der Waals surface area contributed by atoms with Crippen LogP contribution in [0.25, 0.3) is 11.1 Å². The molecule has 4 aromatic rings. The first-order valence-corrected chi connectivity index (χ1v) is 12.0. The van der Waals surface area contributed by atoms with E-state index in [0.717, 1.165) is 64.2 Å². The van der Waals surface area contributed by atoms with Crippen LogP contribution in [-0.2, 0) is 19.4 Å². The van der Waals surface area contributed by atoms with Crippen molar-refractivity contribution in [3.63, 3.8) is 0 Å². The molecule has 0 atom stereocenters. The number of hydrogen-bond donors (Lipinski definition) is 0. The highest BCUT2D eigenvalue weighted by molar-refractivity contribution is 5.70. The molecule has 6 heteroatoms. The number of nitrogens with zero attached hydrogens (tertiary/aromatic N) is 4. The summed E-state index contributed by atoms with van der Waals surface area (Å²) in [7, 11) is 0. The van der Waals surface area contributed by atoms with Gasteiger partial charge in [0.2, 0.25) is 0 Å². The van der Waals surface area contributed by atoms with Gasteiger partial charge in [0.1, 0.15) is 11.6 Å². The van der Waals surface area contributed by atoms with Crippen LogP contribution < -0.4 is 5.56 Å². The van der Waals surface area contributed by atoms with Crippen LogP contribution >= 0.6 is 0 Å². The molecule has 0 radical (unpaired) electrons. The molecule has 2 heterocycles. The van der Waals surface area contributed by atoms with Gasteiger partial charge in [0, 0.05) is 17.5 Å². The Morgan fingerprint density at radius 1 is 1.03 bits per heavy atom. The van der Waals surface area contributed by atoms with Crippen molar-refractivity contribution in [2.24, 2.45) is 0 Å². The Morgan fingerprint density at radius 2 is 1.77 bits per heavy atom. The zero-order valence-electron chi connectivity index (χ0n) is 20.8. The lowest BCUT2D eigenvalue weighted by Crippen LogP contribution is -2.30. The molecular weight excluding hydrogens is 436 g/mol. The van der Waals surface area contributed by atoms with E-state index in [0.29, 0.717) is 24.4 Å². The van der Waals surface area contributed by atoms with Crippen LogP contribution in [0.4, 0.5) is 0 Å². The summed E-state index contributed by atoms with van der Waals surface area (Å²) in [4.78, 5) is 18.6. The van der Waals surface area contributed by atoms with E-state index in [1.54, 1.807) is 4.57 Å². The summed E-state index contributed by atoms with van der Waals surface area (Å²) in [6.45, 7) is 8.18. The molecule has 6 nitrogen and oxygen atoms in total. The number of unbranched alkanes of at least 4 members (excludes halogenated alkanes) is 1. The molecule has 0 amide bonds. The largest absolute Gasteiger partial charge is 0.361 e. The summed E-state index contributed by atoms with van der Waals surface area (Å²) in [5.74, 6) is 1.42. The molecule has 35 heavy (non-hydrogen) atoms. The molecule has 0 saturated carbocycles. The summed E-state index contributed by atoms with van der Waals surface area (Å²) in [5.41, 5.74) is 6.88. The maximum Gasteiger partial charge on any atom is 0.257 e. The van der Waals surface area contributed by atoms with E-state index in [4.69, 9.17) is 9.51 Å². The minimum atomic E-state index is -0.0116. The van der Waals surface area contributed by atoms with Crippen molar-refractivity contribution >= 4 is 0 Å². The highest BCUT2D eigenvalue weighted by Gasteiger charge is 2.18. The molecule has 0 unspecified atom stereocenters. The number of aromatic nitrogens is 3. The number of aryl methyl sites for hydroxylation is 4. The topological polar surface area (TPSA) is 84.7 Å². The highest BCUT2D eigenvalue weighted by Crippen LogP contribution is 2.24. The second-order valence-corrected chi connectivity index (χ2v) is 8.91. The zero-order valence-corrected chi connectivity index (χ0v) is 20.8. The van der Waals surface area contributed by atoms with Gasteiger partial charge in [-0.25, -0.2) is 4.98 Å². The van der Waals surface area contributed by atoms with E-state index >= 15 is 0 Å². The Hall–Kier alpha value is -3.98. The molecule has 2 aromatic heterocycles. The van der Waals surface area contributed by atoms with Gasteiger partial charge in [-0.05, 0) is 56.4 Å². The van der Waals surface area contributed by atoms with Crippen LogP contribution in [0.2, 0.25) is 0 Å². The minimum Gasteiger partial charge on any atom is -0.361 e. The monoisotopic (exact) mass is 466 g/mol. The Morgan fingerprint density at radius 3 is 2.43 bits per heavy atom. The quantitative estimate of drug-likeness (QED) is 0.334. The van der Waals surface area contributed by atoms with E-state index in [2.05, 4.69) is 18.1 Å². The maximum atomic E-state index is 13.7. The first-order chi connectivity index (χ1) is 16.9. The number of hydrogen-bond acceptors (Lipinski definition) is 5. The van der Waals surface area contributed by atoms with Gasteiger partial charge in [-0.3, -0.25) is 9.36 Å². The van der Waals surface area contributed by atoms with E-state index in [-0.39, 0.29) is 5.56 Å². The summed E-state index contributed by atoms with van der Waals surface area (Å²) in [6.07, 6.45) is 3.31. The van der Waals surface area contributed by atoms with Crippen LogP contribution in [0.5, 0.6) is 0 Å². The van der Waals surface area contributed by atoms with Gasteiger partial charge in [0.15, 0.2) is 0 Å². The summed E-state index contributed by atoms with van der Waals surface area (Å²) < 4.78 is 7.04. The number of rotatable bonds is 8. The Labute approximate surface area is 205 Å². The fourth-order valence-corrected chi connectivity index (χ4v) is 4.40. The average Bonchev–Trinajstić information content (AvgIpc) is 3.19. The SMILES string of the molecule is CCCCc1nc(C)n(Cc2c(C)noc2C)c(=O)c1Cc1ccc(-c2ccccc2C#N)cc1. The normalized spacial score (nSPS) is 10.9. The zero-order chi connectivity index (χ0) is 24.9. The second kappa shape index (κ2) is 10.5. The summed E-state index contributed by atoms with van der Waals surface area (Å²) in [6, 6.07) is 17.9. The molecule has 0 aliphatic carbocycles. The predicted molar refractivity (Wildman–Crippen MR) is 136 cm³/mol. The van der Waals surface area contributed by atoms with Crippen molar-refractivity contribution in [2.75, 3.05) is 0 Å². The van der Waals surface area contributed by atoms with Crippen molar-refractivity contribution in [1.82, 2.24) is 14.7 Å². The molecule has 0 N–H and O–H groups in total. The van der Waals surface area contributed by atoms with Crippen LogP contribution in [0.3, 0.4) is 0 Å². The van der Waals surface area contributed by atoms with Crippen LogP contribution in [0.15, 0.2) is 57.8 Å². The van der Waals surface area contributed by atoms with Crippen LogP contribution in [0.1, 0.15) is 65.0 Å². The van der Waals surface area contributed by atoms with Gasteiger partial charge in [0.05, 0.1) is 29.6 Å². The molecule has 0 aliphatic rings. The van der Waals surface area contributed by atoms with Crippen molar-refractivity contribution in [2.45, 2.75) is 59.9 Å². The molecule has 178 valence electrons. The fraction of sp³-hybridized carbons (Fsp3) is 0.310. The fourth-order valence-electron chi connectivity index (χ4n) is 4.40. The average molecular weight is 467 g/mol. The van der Waals surface area contributed by atoms with E-state index < -0.39 is 0 Å². The molecule has 0 bridgehead atoms. The second-order valence-electron chi connectivity index (χ2n) is 8.91. The highest BCUT2D eigenvalue weighted by atomic mass is 16.5. The third kappa shape index (κ3) is 5.09. The molecule has 0 saturated heterocycles. The number of nitriles is 1. The summed E-state index contributed by atoms with van der Waals surface area (Å²) >= 11 is 0.